The van der Waals surface area contributed by atoms with Gasteiger partial charge in [0, 0.05) is 18.1 Å². The summed E-state index contributed by atoms with van der Waals surface area (Å²) in [5, 5.41) is 12.6. The van der Waals surface area contributed by atoms with E-state index in [9.17, 15) is 9.90 Å². The normalized spacial score (nSPS) is 18.8. The molecule has 6 heteroatoms. The van der Waals surface area contributed by atoms with Gasteiger partial charge in [0.2, 0.25) is 0 Å². The zero-order chi connectivity index (χ0) is 13.1. The largest absolute Gasteiger partial charge is 0.495 e. The molecule has 1 saturated heterocycles. The Morgan fingerprint density at radius 1 is 1.61 bits per heavy atom. The van der Waals surface area contributed by atoms with Crippen molar-refractivity contribution in [2.45, 2.75) is 12.5 Å². The molecule has 0 unspecified atom stereocenters. The third-order valence-electron chi connectivity index (χ3n) is 2.85. The second-order valence-corrected chi connectivity index (χ2v) is 4.60. The number of amides is 2. The van der Waals surface area contributed by atoms with Gasteiger partial charge in [0.1, 0.15) is 5.75 Å². The predicted octanol–water partition coefficient (Wildman–Crippen LogP) is 1.95. The first-order chi connectivity index (χ1) is 8.60. The zero-order valence-corrected chi connectivity index (χ0v) is 10.8. The number of hydrogen-bond acceptors (Lipinski definition) is 3. The maximum atomic E-state index is 11.9. The molecule has 1 aromatic carbocycles. The maximum absolute atomic E-state index is 11.9. The van der Waals surface area contributed by atoms with Crippen LogP contribution in [0, 0.1) is 0 Å². The number of nitrogens with zero attached hydrogens (tertiary/aromatic N) is 1. The first-order valence-electron chi connectivity index (χ1n) is 5.67. The molecule has 1 fully saturated rings. The van der Waals surface area contributed by atoms with E-state index in [1.54, 1.807) is 23.1 Å². The molecule has 2 rings (SSSR count). The second kappa shape index (κ2) is 5.46. The molecule has 0 radical (unpaired) electrons. The van der Waals surface area contributed by atoms with Gasteiger partial charge < -0.3 is 20.1 Å². The number of rotatable bonds is 2. The lowest BCUT2D eigenvalue weighted by Crippen LogP contribution is -2.33. The van der Waals surface area contributed by atoms with Gasteiger partial charge in [-0.1, -0.05) is 11.6 Å². The number of aliphatic hydroxyl groups excluding tert-OH is 1. The third kappa shape index (κ3) is 2.86. The van der Waals surface area contributed by atoms with Crippen molar-refractivity contribution in [2.75, 3.05) is 25.5 Å². The summed E-state index contributed by atoms with van der Waals surface area (Å²) in [5.41, 5.74) is 0.524. The van der Waals surface area contributed by atoms with Crippen LogP contribution >= 0.6 is 11.6 Å². The van der Waals surface area contributed by atoms with Crippen molar-refractivity contribution in [3.63, 3.8) is 0 Å². The lowest BCUT2D eigenvalue weighted by molar-refractivity contribution is 0.176. The fourth-order valence-electron chi connectivity index (χ4n) is 1.90. The molecule has 0 aromatic heterocycles. The van der Waals surface area contributed by atoms with E-state index in [0.29, 0.717) is 36.0 Å². The van der Waals surface area contributed by atoms with Crippen molar-refractivity contribution < 1.29 is 14.6 Å². The van der Waals surface area contributed by atoms with E-state index in [1.165, 1.54) is 7.11 Å². The number of likely N-dealkylation sites (tertiary alicyclic amines) is 1. The van der Waals surface area contributed by atoms with E-state index < -0.39 is 6.10 Å². The van der Waals surface area contributed by atoms with Crippen LogP contribution in [0.5, 0.6) is 5.75 Å². The van der Waals surface area contributed by atoms with E-state index in [1.807, 2.05) is 0 Å². The summed E-state index contributed by atoms with van der Waals surface area (Å²) in [5.74, 6) is 0.549. The van der Waals surface area contributed by atoms with Gasteiger partial charge in [0.05, 0.1) is 18.9 Å². The van der Waals surface area contributed by atoms with Crippen LogP contribution in [0.3, 0.4) is 0 Å². The Hall–Kier alpha value is -1.46. The van der Waals surface area contributed by atoms with Crippen molar-refractivity contribution in [3.05, 3.63) is 23.2 Å². The van der Waals surface area contributed by atoms with E-state index in [4.69, 9.17) is 16.3 Å². The van der Waals surface area contributed by atoms with Crippen LogP contribution in [0.1, 0.15) is 6.42 Å². The highest BCUT2D eigenvalue weighted by Gasteiger charge is 2.25. The quantitative estimate of drug-likeness (QED) is 0.863. The van der Waals surface area contributed by atoms with Gasteiger partial charge in [-0.15, -0.1) is 0 Å². The number of carbonyl (C=O) groups is 1. The van der Waals surface area contributed by atoms with Crippen LogP contribution in [0.4, 0.5) is 10.5 Å². The Bertz CT molecular complexity index is 453. The minimum Gasteiger partial charge on any atom is -0.495 e. The average Bonchev–Trinajstić information content (AvgIpc) is 2.76. The Balaban J connectivity index is 2.09. The number of hydrogen-bond donors (Lipinski definition) is 2. The number of halogens is 1. The predicted molar refractivity (Wildman–Crippen MR) is 69.2 cm³/mol. The highest BCUT2D eigenvalue weighted by molar-refractivity contribution is 6.31. The van der Waals surface area contributed by atoms with Crippen molar-refractivity contribution in [3.8, 4) is 5.75 Å². The number of benzene rings is 1. The van der Waals surface area contributed by atoms with Gasteiger partial charge in [0.15, 0.2) is 0 Å². The molecule has 1 heterocycles. The lowest BCUT2D eigenvalue weighted by atomic mass is 10.3. The van der Waals surface area contributed by atoms with Crippen molar-refractivity contribution in [1.29, 1.82) is 0 Å². The summed E-state index contributed by atoms with van der Waals surface area (Å²) >= 11 is 5.88. The van der Waals surface area contributed by atoms with E-state index in [2.05, 4.69) is 5.32 Å². The average molecular weight is 271 g/mol. The van der Waals surface area contributed by atoms with Crippen LogP contribution in [-0.2, 0) is 0 Å². The number of methoxy groups -OCH3 is 1. The van der Waals surface area contributed by atoms with Gasteiger partial charge in [-0.05, 0) is 24.6 Å². The Kier molecular flexibility index (Phi) is 3.93. The number of ether oxygens (including phenoxy) is 1. The van der Waals surface area contributed by atoms with Gasteiger partial charge in [0.25, 0.3) is 0 Å². The first-order valence-corrected chi connectivity index (χ1v) is 6.05. The Morgan fingerprint density at radius 2 is 2.39 bits per heavy atom. The van der Waals surface area contributed by atoms with Gasteiger partial charge in [-0.25, -0.2) is 4.79 Å². The molecular formula is C12H15ClN2O3. The Morgan fingerprint density at radius 3 is 3.00 bits per heavy atom. The SMILES string of the molecule is COc1ccc(Cl)cc1NC(=O)N1CC[C@@H](O)C1. The molecule has 0 bridgehead atoms. The molecule has 18 heavy (non-hydrogen) atoms. The molecule has 0 aliphatic carbocycles. The standard InChI is InChI=1S/C12H15ClN2O3/c1-18-11-3-2-8(13)6-10(11)14-12(17)15-5-4-9(16)7-15/h2-3,6,9,16H,4-5,7H2,1H3,(H,14,17)/t9-/m1/s1. The summed E-state index contributed by atoms with van der Waals surface area (Å²) in [7, 11) is 1.53. The molecule has 5 nitrogen and oxygen atoms in total. The first kappa shape index (κ1) is 13.0. The molecule has 98 valence electrons. The van der Waals surface area contributed by atoms with Crippen molar-refractivity contribution in [1.82, 2.24) is 4.90 Å². The molecule has 1 aliphatic rings. The van der Waals surface area contributed by atoms with Gasteiger partial charge >= 0.3 is 6.03 Å². The van der Waals surface area contributed by atoms with Crippen LogP contribution in [0.25, 0.3) is 0 Å². The van der Waals surface area contributed by atoms with E-state index >= 15 is 0 Å². The maximum Gasteiger partial charge on any atom is 0.322 e. The molecule has 0 spiro atoms. The topological polar surface area (TPSA) is 61.8 Å². The monoisotopic (exact) mass is 270 g/mol. The fourth-order valence-corrected chi connectivity index (χ4v) is 2.07. The molecule has 0 saturated carbocycles. The highest BCUT2D eigenvalue weighted by Crippen LogP contribution is 2.28. The molecule has 2 amide bonds. The fraction of sp³-hybridized carbons (Fsp3) is 0.417. The summed E-state index contributed by atoms with van der Waals surface area (Å²) in [6, 6.07) is 4.75. The highest BCUT2D eigenvalue weighted by atomic mass is 35.5. The molecule has 2 N–H and O–H groups in total. The van der Waals surface area contributed by atoms with Gasteiger partial charge in [-0.3, -0.25) is 0 Å². The van der Waals surface area contributed by atoms with Crippen LogP contribution < -0.4 is 10.1 Å². The number of aliphatic hydroxyl groups is 1. The smallest absolute Gasteiger partial charge is 0.322 e. The minimum absolute atomic E-state index is 0.257. The summed E-state index contributed by atoms with van der Waals surface area (Å²) < 4.78 is 5.14. The summed E-state index contributed by atoms with van der Waals surface area (Å²) in [4.78, 5) is 13.5. The number of β-amino-alcohol motifs (C(OH)–C–C–N with tert-alkyl or cyclic N) is 1. The molecule has 1 aliphatic heterocycles. The number of urea groups is 1. The van der Waals surface area contributed by atoms with E-state index in [0.717, 1.165) is 0 Å². The molecular weight excluding hydrogens is 256 g/mol. The summed E-state index contributed by atoms with van der Waals surface area (Å²) in [6.45, 7) is 0.907. The minimum atomic E-state index is -0.433. The third-order valence-corrected chi connectivity index (χ3v) is 3.09. The Labute approximate surface area is 110 Å². The number of carbonyl (C=O) groups excluding carboxylic acids is 1. The summed E-state index contributed by atoms with van der Waals surface area (Å²) in [6.07, 6.45) is 0.178. The van der Waals surface area contributed by atoms with Crippen molar-refractivity contribution in [2.24, 2.45) is 0 Å². The second-order valence-electron chi connectivity index (χ2n) is 4.16. The zero-order valence-electron chi connectivity index (χ0n) is 10.0. The number of anilines is 1. The van der Waals surface area contributed by atoms with Crippen molar-refractivity contribution >= 4 is 23.3 Å². The van der Waals surface area contributed by atoms with E-state index in [-0.39, 0.29) is 6.03 Å². The van der Waals surface area contributed by atoms with Crippen LogP contribution in [0.2, 0.25) is 5.02 Å². The lowest BCUT2D eigenvalue weighted by Gasteiger charge is -2.17. The van der Waals surface area contributed by atoms with Crippen LogP contribution in [-0.4, -0.2) is 42.3 Å². The van der Waals surface area contributed by atoms with Gasteiger partial charge in [-0.2, -0.15) is 0 Å². The number of nitrogens with one attached hydrogen (secondary N) is 1. The van der Waals surface area contributed by atoms with Crippen LogP contribution in [0.15, 0.2) is 18.2 Å². The molecule has 1 aromatic rings. The molecule has 1 atom stereocenters.